The lowest BCUT2D eigenvalue weighted by molar-refractivity contribution is 0.172. The van der Waals surface area contributed by atoms with Crippen LogP contribution in [0, 0.1) is 5.92 Å². The Kier molecular flexibility index (Phi) is 7.93. The molecule has 102 valence electrons. The molecule has 1 aromatic carbocycles. The van der Waals surface area contributed by atoms with Crippen LogP contribution in [0.1, 0.15) is 13.3 Å². The predicted octanol–water partition coefficient (Wildman–Crippen LogP) is 3.05. The lowest BCUT2D eigenvalue weighted by atomic mass is 10.0. The van der Waals surface area contributed by atoms with Gasteiger partial charge in [0.2, 0.25) is 0 Å². The fraction of sp³-hybridized carbons (Fsp3) is 0.538. The Morgan fingerprint density at radius 1 is 1.50 bits per heavy atom. The molecule has 3 N–H and O–H groups in total. The van der Waals surface area contributed by atoms with Crippen molar-refractivity contribution in [1.82, 2.24) is 5.43 Å². The number of hydrogen-bond donors (Lipinski definition) is 2. The third-order valence-electron chi connectivity index (χ3n) is 2.90. The Morgan fingerprint density at radius 2 is 2.28 bits per heavy atom. The number of ether oxygens (including phenoxy) is 1. The van der Waals surface area contributed by atoms with Gasteiger partial charge in [-0.15, -0.1) is 11.8 Å². The van der Waals surface area contributed by atoms with Crippen LogP contribution in [0.4, 0.5) is 0 Å². The van der Waals surface area contributed by atoms with Crippen molar-refractivity contribution in [2.75, 3.05) is 19.5 Å². The molecule has 0 bridgehead atoms. The molecule has 0 saturated heterocycles. The largest absolute Gasteiger partial charge is 0.385 e. The number of halogens is 1. The molecule has 0 spiro atoms. The summed E-state index contributed by atoms with van der Waals surface area (Å²) in [6.07, 6.45) is 1.02. The van der Waals surface area contributed by atoms with Crippen molar-refractivity contribution >= 4 is 27.7 Å². The Morgan fingerprint density at radius 3 is 2.89 bits per heavy atom. The van der Waals surface area contributed by atoms with Crippen LogP contribution in [0.5, 0.6) is 0 Å². The molecule has 0 aromatic heterocycles. The average molecular weight is 333 g/mol. The van der Waals surface area contributed by atoms with Crippen molar-refractivity contribution in [3.05, 3.63) is 28.7 Å². The van der Waals surface area contributed by atoms with E-state index in [0.717, 1.165) is 23.3 Å². The van der Waals surface area contributed by atoms with Gasteiger partial charge in [-0.05, 0) is 30.5 Å². The first-order valence-corrected chi connectivity index (χ1v) is 7.78. The maximum atomic E-state index is 5.63. The Labute approximate surface area is 122 Å². The van der Waals surface area contributed by atoms with E-state index in [1.54, 1.807) is 7.11 Å². The van der Waals surface area contributed by atoms with Crippen molar-refractivity contribution in [2.24, 2.45) is 11.8 Å². The number of hydrazine groups is 1. The summed E-state index contributed by atoms with van der Waals surface area (Å²) in [7, 11) is 1.73. The summed E-state index contributed by atoms with van der Waals surface area (Å²) < 4.78 is 6.21. The summed E-state index contributed by atoms with van der Waals surface area (Å²) in [5.74, 6) is 7.08. The van der Waals surface area contributed by atoms with E-state index in [1.807, 2.05) is 23.9 Å². The molecule has 0 radical (unpaired) electrons. The van der Waals surface area contributed by atoms with E-state index in [1.165, 1.54) is 4.90 Å². The molecule has 5 heteroatoms. The molecular formula is C13H21BrN2OS. The van der Waals surface area contributed by atoms with Gasteiger partial charge in [-0.1, -0.05) is 28.9 Å². The molecule has 18 heavy (non-hydrogen) atoms. The number of thioether (sulfide) groups is 1. The van der Waals surface area contributed by atoms with E-state index in [-0.39, 0.29) is 0 Å². The van der Waals surface area contributed by atoms with Crippen LogP contribution in [0.25, 0.3) is 0 Å². The number of nitrogens with two attached hydrogens (primary N) is 1. The molecule has 0 aliphatic carbocycles. The van der Waals surface area contributed by atoms with Crippen molar-refractivity contribution < 1.29 is 4.74 Å². The molecule has 0 fully saturated rings. The third-order valence-corrected chi connectivity index (χ3v) is 4.51. The first kappa shape index (κ1) is 16.0. The zero-order chi connectivity index (χ0) is 13.4. The summed E-state index contributed by atoms with van der Waals surface area (Å²) in [6, 6.07) is 8.61. The minimum atomic E-state index is 0.295. The number of hydrogen-bond acceptors (Lipinski definition) is 4. The van der Waals surface area contributed by atoms with E-state index in [4.69, 9.17) is 10.6 Å². The molecular weight excluding hydrogens is 312 g/mol. The summed E-state index contributed by atoms with van der Waals surface area (Å²) >= 11 is 5.29. The summed E-state index contributed by atoms with van der Waals surface area (Å²) in [6.45, 7) is 2.98. The van der Waals surface area contributed by atoms with E-state index < -0.39 is 0 Å². The van der Waals surface area contributed by atoms with Gasteiger partial charge in [0.05, 0.1) is 0 Å². The second-order valence-electron chi connectivity index (χ2n) is 4.30. The predicted molar refractivity (Wildman–Crippen MR) is 81.6 cm³/mol. The minimum absolute atomic E-state index is 0.295. The molecule has 0 heterocycles. The molecule has 0 saturated carbocycles. The van der Waals surface area contributed by atoms with Gasteiger partial charge in [0.25, 0.3) is 0 Å². The summed E-state index contributed by atoms with van der Waals surface area (Å²) in [5.41, 5.74) is 2.91. The average Bonchev–Trinajstić information content (AvgIpc) is 2.37. The molecule has 0 amide bonds. The van der Waals surface area contributed by atoms with Gasteiger partial charge in [-0.2, -0.15) is 0 Å². The molecule has 2 unspecified atom stereocenters. The third kappa shape index (κ3) is 5.71. The van der Waals surface area contributed by atoms with Gasteiger partial charge < -0.3 is 4.74 Å². The number of benzene rings is 1. The van der Waals surface area contributed by atoms with Crippen LogP contribution in [-0.4, -0.2) is 25.5 Å². The topological polar surface area (TPSA) is 47.3 Å². The molecule has 0 aliphatic heterocycles. The van der Waals surface area contributed by atoms with Gasteiger partial charge in [0.15, 0.2) is 0 Å². The zero-order valence-corrected chi connectivity index (χ0v) is 13.3. The highest BCUT2D eigenvalue weighted by Gasteiger charge is 2.15. The quantitative estimate of drug-likeness (QED) is 0.436. The van der Waals surface area contributed by atoms with Crippen LogP contribution >= 0.6 is 27.7 Å². The molecule has 2 atom stereocenters. The molecule has 1 rings (SSSR count). The van der Waals surface area contributed by atoms with Gasteiger partial charge in [0.1, 0.15) is 0 Å². The van der Waals surface area contributed by atoms with Crippen molar-refractivity contribution in [1.29, 1.82) is 0 Å². The van der Waals surface area contributed by atoms with Crippen molar-refractivity contribution in [2.45, 2.75) is 24.3 Å². The summed E-state index contributed by atoms with van der Waals surface area (Å²) in [5, 5.41) is 0. The Balaban J connectivity index is 2.43. The standard InChI is InChI=1S/C13H21BrN2OS/c1-10(6-7-17-2)13(16-15)9-18-12-5-3-4-11(14)8-12/h3-5,8,10,13,16H,6-7,9,15H2,1-2H3. The lowest BCUT2D eigenvalue weighted by Gasteiger charge is -2.22. The molecule has 1 aromatic rings. The highest BCUT2D eigenvalue weighted by Crippen LogP contribution is 2.24. The first-order chi connectivity index (χ1) is 8.67. The van der Waals surface area contributed by atoms with E-state index in [2.05, 4.69) is 40.4 Å². The van der Waals surface area contributed by atoms with Gasteiger partial charge in [-0.25, -0.2) is 0 Å². The van der Waals surface area contributed by atoms with Crippen LogP contribution in [0.15, 0.2) is 33.6 Å². The Hall–Kier alpha value is -0.0700. The number of nitrogens with one attached hydrogen (secondary N) is 1. The monoisotopic (exact) mass is 332 g/mol. The van der Waals surface area contributed by atoms with E-state index in [9.17, 15) is 0 Å². The lowest BCUT2D eigenvalue weighted by Crippen LogP contribution is -2.42. The van der Waals surface area contributed by atoms with Gasteiger partial charge in [0, 0.05) is 34.9 Å². The normalized spacial score (nSPS) is 14.4. The van der Waals surface area contributed by atoms with Crippen LogP contribution in [0.2, 0.25) is 0 Å². The van der Waals surface area contributed by atoms with Gasteiger partial charge in [-0.3, -0.25) is 11.3 Å². The smallest absolute Gasteiger partial charge is 0.0465 e. The SMILES string of the molecule is COCCC(C)C(CSc1cccc(Br)c1)NN. The van der Waals surface area contributed by atoms with Crippen LogP contribution in [0.3, 0.4) is 0 Å². The highest BCUT2D eigenvalue weighted by molar-refractivity contribution is 9.10. The Bertz CT molecular complexity index is 352. The van der Waals surface area contributed by atoms with E-state index in [0.29, 0.717) is 12.0 Å². The second-order valence-corrected chi connectivity index (χ2v) is 6.31. The maximum absolute atomic E-state index is 5.63. The minimum Gasteiger partial charge on any atom is -0.385 e. The maximum Gasteiger partial charge on any atom is 0.0465 e. The van der Waals surface area contributed by atoms with Crippen LogP contribution < -0.4 is 11.3 Å². The van der Waals surface area contributed by atoms with Crippen LogP contribution in [-0.2, 0) is 4.74 Å². The number of methoxy groups -OCH3 is 1. The highest BCUT2D eigenvalue weighted by atomic mass is 79.9. The number of rotatable bonds is 8. The first-order valence-electron chi connectivity index (χ1n) is 6.00. The van der Waals surface area contributed by atoms with E-state index >= 15 is 0 Å². The summed E-state index contributed by atoms with van der Waals surface area (Å²) in [4.78, 5) is 1.25. The van der Waals surface area contributed by atoms with Crippen molar-refractivity contribution in [3.8, 4) is 0 Å². The second kappa shape index (κ2) is 8.93. The van der Waals surface area contributed by atoms with Gasteiger partial charge >= 0.3 is 0 Å². The fourth-order valence-corrected chi connectivity index (χ4v) is 3.36. The zero-order valence-electron chi connectivity index (χ0n) is 10.9. The molecule has 3 nitrogen and oxygen atoms in total. The van der Waals surface area contributed by atoms with Crippen molar-refractivity contribution in [3.63, 3.8) is 0 Å². The fourth-order valence-electron chi connectivity index (χ4n) is 1.62. The molecule has 0 aliphatic rings.